The van der Waals surface area contributed by atoms with E-state index in [0.717, 1.165) is 47.0 Å². The molecular formula is C17H22N2O2S2. The normalized spacial score (nSPS) is 24.7. The summed E-state index contributed by atoms with van der Waals surface area (Å²) in [5.41, 5.74) is 1.29. The molecule has 0 aromatic carbocycles. The first-order valence-electron chi connectivity index (χ1n) is 8.49. The van der Waals surface area contributed by atoms with E-state index in [1.165, 1.54) is 29.7 Å². The SMILES string of the molecule is CC1CCc2c(sc3nc(SCC4CCCCO4)[nH]c(=O)c23)C1. The molecule has 0 spiro atoms. The fourth-order valence-electron chi connectivity index (χ4n) is 3.51. The standard InChI is InChI=1S/C17H22N2O2S2/c1-10-5-6-12-13(8-10)23-16-14(12)15(20)18-17(19-16)22-9-11-4-2-3-7-21-11/h10-11H,2-9H2,1H3,(H,18,19,20). The zero-order valence-electron chi connectivity index (χ0n) is 13.4. The monoisotopic (exact) mass is 350 g/mol. The molecule has 2 aliphatic rings. The maximum absolute atomic E-state index is 12.5. The number of H-pyrrole nitrogens is 1. The summed E-state index contributed by atoms with van der Waals surface area (Å²) in [5.74, 6) is 1.59. The Balaban J connectivity index is 1.58. The van der Waals surface area contributed by atoms with Crippen LogP contribution in [0.1, 0.15) is 43.0 Å². The van der Waals surface area contributed by atoms with Crippen LogP contribution in [0.3, 0.4) is 0 Å². The lowest BCUT2D eigenvalue weighted by atomic mass is 9.89. The van der Waals surface area contributed by atoms with Crippen LogP contribution in [-0.2, 0) is 17.6 Å². The van der Waals surface area contributed by atoms with Crippen LogP contribution in [-0.4, -0.2) is 28.4 Å². The van der Waals surface area contributed by atoms with E-state index < -0.39 is 0 Å². The molecule has 0 saturated carbocycles. The first kappa shape index (κ1) is 15.7. The molecule has 23 heavy (non-hydrogen) atoms. The van der Waals surface area contributed by atoms with Crippen molar-refractivity contribution in [2.24, 2.45) is 5.92 Å². The van der Waals surface area contributed by atoms with Crippen LogP contribution in [0.4, 0.5) is 0 Å². The minimum absolute atomic E-state index is 0.0362. The zero-order chi connectivity index (χ0) is 15.8. The molecule has 1 fully saturated rings. The van der Waals surface area contributed by atoms with E-state index in [9.17, 15) is 4.79 Å². The summed E-state index contributed by atoms with van der Waals surface area (Å²) in [4.78, 5) is 22.5. The molecule has 124 valence electrons. The number of rotatable bonds is 3. The van der Waals surface area contributed by atoms with Crippen molar-refractivity contribution < 1.29 is 4.74 Å². The van der Waals surface area contributed by atoms with Crippen LogP contribution in [0.2, 0.25) is 0 Å². The molecular weight excluding hydrogens is 328 g/mol. The summed E-state index contributed by atoms with van der Waals surface area (Å²) < 4.78 is 5.76. The van der Waals surface area contributed by atoms with E-state index in [1.54, 1.807) is 23.1 Å². The van der Waals surface area contributed by atoms with Crippen molar-refractivity contribution in [1.29, 1.82) is 0 Å². The second-order valence-electron chi connectivity index (χ2n) is 6.70. The molecule has 0 bridgehead atoms. The number of aryl methyl sites for hydroxylation is 1. The lowest BCUT2D eigenvalue weighted by Crippen LogP contribution is -2.21. The third kappa shape index (κ3) is 3.21. The van der Waals surface area contributed by atoms with Gasteiger partial charge < -0.3 is 9.72 Å². The van der Waals surface area contributed by atoms with Crippen molar-refractivity contribution in [3.05, 3.63) is 20.8 Å². The Morgan fingerprint density at radius 1 is 1.39 bits per heavy atom. The molecule has 2 unspecified atom stereocenters. The molecule has 2 aromatic rings. The highest BCUT2D eigenvalue weighted by Gasteiger charge is 2.23. The molecule has 1 aliphatic carbocycles. The van der Waals surface area contributed by atoms with Crippen LogP contribution in [0.5, 0.6) is 0 Å². The van der Waals surface area contributed by atoms with Crippen molar-refractivity contribution in [1.82, 2.24) is 9.97 Å². The van der Waals surface area contributed by atoms with E-state index in [4.69, 9.17) is 9.72 Å². The zero-order valence-corrected chi connectivity index (χ0v) is 15.0. The smallest absolute Gasteiger partial charge is 0.260 e. The average molecular weight is 351 g/mol. The summed E-state index contributed by atoms with van der Waals surface area (Å²) in [7, 11) is 0. The number of nitrogens with zero attached hydrogens (tertiary/aromatic N) is 1. The molecule has 1 N–H and O–H groups in total. The average Bonchev–Trinajstić information content (AvgIpc) is 2.91. The van der Waals surface area contributed by atoms with E-state index in [2.05, 4.69) is 11.9 Å². The second kappa shape index (κ2) is 6.57. The Morgan fingerprint density at radius 3 is 3.13 bits per heavy atom. The first-order valence-corrected chi connectivity index (χ1v) is 10.3. The summed E-state index contributed by atoms with van der Waals surface area (Å²) in [6, 6.07) is 0. The van der Waals surface area contributed by atoms with Gasteiger partial charge in [-0.25, -0.2) is 4.98 Å². The van der Waals surface area contributed by atoms with Gasteiger partial charge in [0.1, 0.15) is 4.83 Å². The van der Waals surface area contributed by atoms with Gasteiger partial charge in [0.05, 0.1) is 11.5 Å². The fraction of sp³-hybridized carbons (Fsp3) is 0.647. The number of aromatic nitrogens is 2. The molecule has 0 amide bonds. The Hall–Kier alpha value is -0.850. The Kier molecular flexibility index (Phi) is 4.48. The highest BCUT2D eigenvalue weighted by molar-refractivity contribution is 7.99. The van der Waals surface area contributed by atoms with Gasteiger partial charge in [0, 0.05) is 17.2 Å². The third-order valence-electron chi connectivity index (χ3n) is 4.82. The molecule has 4 nitrogen and oxygen atoms in total. The Bertz CT molecular complexity index is 762. The number of hydrogen-bond acceptors (Lipinski definition) is 5. The summed E-state index contributed by atoms with van der Waals surface area (Å²) in [6.45, 7) is 3.15. The van der Waals surface area contributed by atoms with Gasteiger partial charge in [-0.1, -0.05) is 18.7 Å². The third-order valence-corrected chi connectivity index (χ3v) is 6.98. The molecule has 0 radical (unpaired) electrons. The topological polar surface area (TPSA) is 55.0 Å². The molecule has 4 rings (SSSR count). The summed E-state index contributed by atoms with van der Waals surface area (Å²) in [6.07, 6.45) is 7.11. The Morgan fingerprint density at radius 2 is 2.30 bits per heavy atom. The van der Waals surface area contributed by atoms with Crippen molar-refractivity contribution in [2.45, 2.75) is 56.7 Å². The molecule has 6 heteroatoms. The molecule has 2 aromatic heterocycles. The van der Waals surface area contributed by atoms with Crippen molar-refractivity contribution >= 4 is 33.3 Å². The van der Waals surface area contributed by atoms with E-state index in [1.807, 2.05) is 0 Å². The van der Waals surface area contributed by atoms with Crippen molar-refractivity contribution in [2.75, 3.05) is 12.4 Å². The first-order chi connectivity index (χ1) is 11.2. The number of fused-ring (bicyclic) bond motifs is 3. The number of nitrogens with one attached hydrogen (secondary N) is 1. The number of thioether (sulfide) groups is 1. The van der Waals surface area contributed by atoms with Gasteiger partial charge in [-0.05, 0) is 50.0 Å². The number of thiophene rings is 1. The number of hydrogen-bond donors (Lipinski definition) is 1. The van der Waals surface area contributed by atoms with Gasteiger partial charge in [0.2, 0.25) is 0 Å². The summed E-state index contributed by atoms with van der Waals surface area (Å²) in [5, 5.41) is 1.58. The van der Waals surface area contributed by atoms with Crippen LogP contribution < -0.4 is 5.56 Å². The predicted molar refractivity (Wildman–Crippen MR) is 95.7 cm³/mol. The lowest BCUT2D eigenvalue weighted by Gasteiger charge is -2.21. The maximum atomic E-state index is 12.5. The second-order valence-corrected chi connectivity index (χ2v) is 8.79. The molecule has 3 heterocycles. The Labute approximate surface area is 144 Å². The number of ether oxygens (including phenoxy) is 1. The molecule has 2 atom stereocenters. The minimum atomic E-state index is 0.0362. The van der Waals surface area contributed by atoms with Crippen molar-refractivity contribution in [3.8, 4) is 0 Å². The summed E-state index contributed by atoms with van der Waals surface area (Å²) >= 11 is 3.33. The highest BCUT2D eigenvalue weighted by Crippen LogP contribution is 2.36. The number of aromatic amines is 1. The predicted octanol–water partition coefficient (Wildman–Crippen LogP) is 3.77. The van der Waals surface area contributed by atoms with Crippen LogP contribution in [0, 0.1) is 5.92 Å². The lowest BCUT2D eigenvalue weighted by molar-refractivity contribution is 0.0315. The minimum Gasteiger partial charge on any atom is -0.377 e. The van der Waals surface area contributed by atoms with E-state index in [-0.39, 0.29) is 5.56 Å². The van der Waals surface area contributed by atoms with Crippen LogP contribution in [0.25, 0.3) is 10.2 Å². The molecule has 1 aliphatic heterocycles. The van der Waals surface area contributed by atoms with Gasteiger partial charge in [-0.3, -0.25) is 4.79 Å². The largest absolute Gasteiger partial charge is 0.377 e. The maximum Gasteiger partial charge on any atom is 0.260 e. The highest BCUT2D eigenvalue weighted by atomic mass is 32.2. The van der Waals surface area contributed by atoms with Crippen molar-refractivity contribution in [3.63, 3.8) is 0 Å². The van der Waals surface area contributed by atoms with Gasteiger partial charge in [-0.2, -0.15) is 0 Å². The van der Waals surface area contributed by atoms with E-state index in [0.29, 0.717) is 12.0 Å². The van der Waals surface area contributed by atoms with Crippen LogP contribution in [0.15, 0.2) is 9.95 Å². The fourth-order valence-corrected chi connectivity index (χ4v) is 5.88. The van der Waals surface area contributed by atoms with Gasteiger partial charge >= 0.3 is 0 Å². The molecule has 1 saturated heterocycles. The van der Waals surface area contributed by atoms with E-state index >= 15 is 0 Å². The quantitative estimate of drug-likeness (QED) is 0.676. The van der Waals surface area contributed by atoms with Gasteiger partial charge in [-0.15, -0.1) is 11.3 Å². The van der Waals surface area contributed by atoms with Gasteiger partial charge in [0.25, 0.3) is 5.56 Å². The van der Waals surface area contributed by atoms with Gasteiger partial charge in [0.15, 0.2) is 5.16 Å². The van der Waals surface area contributed by atoms with Crippen LogP contribution >= 0.6 is 23.1 Å².